The molecule has 0 spiro atoms. The van der Waals surface area contributed by atoms with Crippen LogP contribution in [0.15, 0.2) is 71.8 Å². The summed E-state index contributed by atoms with van der Waals surface area (Å²) in [7, 11) is 4.52. The second kappa shape index (κ2) is 14.6. The number of anilines is 2. The van der Waals surface area contributed by atoms with E-state index in [2.05, 4.69) is 9.97 Å². The number of carbonyl (C=O) groups excluding carboxylic acids is 2. The van der Waals surface area contributed by atoms with Crippen molar-refractivity contribution in [2.45, 2.75) is 58.7 Å². The van der Waals surface area contributed by atoms with E-state index in [0.717, 1.165) is 5.56 Å². The van der Waals surface area contributed by atoms with Crippen LogP contribution in [0.25, 0.3) is 5.69 Å². The van der Waals surface area contributed by atoms with Gasteiger partial charge in [0.05, 0.1) is 43.7 Å². The Labute approximate surface area is 316 Å². The van der Waals surface area contributed by atoms with E-state index in [-0.39, 0.29) is 40.7 Å². The van der Waals surface area contributed by atoms with Crippen LogP contribution in [0, 0.1) is 0 Å². The van der Waals surface area contributed by atoms with Crippen LogP contribution in [0.2, 0.25) is 10.0 Å². The van der Waals surface area contributed by atoms with E-state index in [0.29, 0.717) is 33.3 Å². The minimum atomic E-state index is -0.786. The van der Waals surface area contributed by atoms with E-state index in [1.165, 1.54) is 40.8 Å². The fourth-order valence-electron chi connectivity index (χ4n) is 6.20. The van der Waals surface area contributed by atoms with Gasteiger partial charge >= 0.3 is 6.09 Å². The maximum absolute atomic E-state index is 14.7. The van der Waals surface area contributed by atoms with E-state index in [9.17, 15) is 14.4 Å². The van der Waals surface area contributed by atoms with Gasteiger partial charge in [-0.1, -0.05) is 61.3 Å². The molecule has 0 N–H and O–H groups in total. The highest BCUT2D eigenvalue weighted by Crippen LogP contribution is 2.45. The Hall–Kier alpha value is -5.40. The number of benzene rings is 2. The molecule has 3 aromatic heterocycles. The van der Waals surface area contributed by atoms with Gasteiger partial charge in [0, 0.05) is 23.8 Å². The molecule has 276 valence electrons. The Balaban J connectivity index is 1.49. The number of carbonyl (C=O) groups is 2. The predicted molar refractivity (Wildman–Crippen MR) is 202 cm³/mol. The molecule has 0 bridgehead atoms. The van der Waals surface area contributed by atoms with Crippen LogP contribution < -0.4 is 24.8 Å². The summed E-state index contributed by atoms with van der Waals surface area (Å²) in [6, 6.07) is 15.1. The summed E-state index contributed by atoms with van der Waals surface area (Å²) < 4.78 is 19.5. The lowest BCUT2D eigenvalue weighted by atomic mass is 9.94. The first-order chi connectivity index (χ1) is 25.1. The topological polar surface area (TPSA) is 134 Å². The number of nitrogens with zero attached hydrogens (tertiary/aromatic N) is 7. The monoisotopic (exact) mass is 759 g/mol. The van der Waals surface area contributed by atoms with Crippen molar-refractivity contribution in [1.29, 1.82) is 0 Å². The van der Waals surface area contributed by atoms with Crippen molar-refractivity contribution in [1.82, 2.24) is 24.3 Å². The van der Waals surface area contributed by atoms with Gasteiger partial charge in [-0.25, -0.2) is 19.4 Å². The lowest BCUT2D eigenvalue weighted by Gasteiger charge is -2.28. The van der Waals surface area contributed by atoms with Crippen molar-refractivity contribution in [3.63, 3.8) is 0 Å². The number of aromatic nitrogens is 5. The summed E-state index contributed by atoms with van der Waals surface area (Å²) in [6.07, 6.45) is 2.38. The molecule has 5 aromatic rings. The average Bonchev–Trinajstić information content (AvgIpc) is 3.63. The van der Waals surface area contributed by atoms with E-state index < -0.39 is 29.2 Å². The summed E-state index contributed by atoms with van der Waals surface area (Å²) in [6.45, 7) is 9.43. The van der Waals surface area contributed by atoms with Crippen LogP contribution in [0.4, 0.5) is 16.4 Å². The summed E-state index contributed by atoms with van der Waals surface area (Å²) >= 11 is 13.0. The predicted octanol–water partition coefficient (Wildman–Crippen LogP) is 7.44. The molecular formula is C38H39Cl2N7O6. The molecule has 15 heteroatoms. The van der Waals surface area contributed by atoms with Crippen molar-refractivity contribution in [3.05, 3.63) is 115 Å². The highest BCUT2D eigenvalue weighted by Gasteiger charge is 2.46. The Morgan fingerprint density at radius 2 is 1.64 bits per heavy atom. The molecular weight excluding hydrogens is 721 g/mol. The Kier molecular flexibility index (Phi) is 10.3. The molecule has 0 saturated carbocycles. The van der Waals surface area contributed by atoms with Crippen LogP contribution in [0.1, 0.15) is 79.5 Å². The minimum absolute atomic E-state index is 0.0406. The van der Waals surface area contributed by atoms with Gasteiger partial charge in [-0.05, 0) is 68.1 Å². The van der Waals surface area contributed by atoms with Crippen LogP contribution in [0.3, 0.4) is 0 Å². The van der Waals surface area contributed by atoms with E-state index in [1.54, 1.807) is 50.9 Å². The molecule has 2 aromatic carbocycles. The average molecular weight is 761 g/mol. The molecule has 2 amide bonds. The number of rotatable bonds is 9. The largest absolute Gasteiger partial charge is 0.497 e. The molecule has 13 nitrogen and oxygen atoms in total. The molecule has 0 fully saturated rings. The highest BCUT2D eigenvalue weighted by atomic mass is 35.5. The first kappa shape index (κ1) is 37.4. The summed E-state index contributed by atoms with van der Waals surface area (Å²) in [5, 5.41) is 5.62. The molecule has 0 aliphatic carbocycles. The van der Waals surface area contributed by atoms with Gasteiger partial charge in [0.15, 0.2) is 5.69 Å². The maximum atomic E-state index is 14.7. The number of pyridine rings is 1. The summed E-state index contributed by atoms with van der Waals surface area (Å²) in [5.74, 6) is 0.131. The molecule has 53 heavy (non-hydrogen) atoms. The number of amides is 2. The third-order valence-electron chi connectivity index (χ3n) is 8.56. The standard InChI is InChI=1S/C38H39Cl2N7O6/c1-21(2)31-29-30(43-47(31)28-18-41-36(42-33(28)52-8)44(6)37(50)53-38(3,4)5)35(49)46(32(29)23-11-13-24(39)14-12-23)27-17-25(40)20-45(34(27)48)19-22-9-15-26(51-7)16-10-22/h9-18,20-21,32H,19H2,1-8H3. The van der Waals surface area contributed by atoms with Gasteiger partial charge in [0.25, 0.3) is 11.5 Å². The first-order valence-electron chi connectivity index (χ1n) is 16.7. The summed E-state index contributed by atoms with van der Waals surface area (Å²) in [5.41, 5.74) is 2.19. The van der Waals surface area contributed by atoms with Gasteiger partial charge in [-0.3, -0.25) is 14.5 Å². The minimum Gasteiger partial charge on any atom is -0.497 e. The number of halogens is 2. The third-order valence-corrected chi connectivity index (χ3v) is 9.02. The third kappa shape index (κ3) is 7.31. The highest BCUT2D eigenvalue weighted by molar-refractivity contribution is 6.31. The number of methoxy groups -OCH3 is 2. The smallest absolute Gasteiger partial charge is 0.416 e. The van der Waals surface area contributed by atoms with Gasteiger partial charge in [-0.2, -0.15) is 10.1 Å². The molecule has 4 heterocycles. The van der Waals surface area contributed by atoms with Crippen molar-refractivity contribution in [2.24, 2.45) is 0 Å². The van der Waals surface area contributed by atoms with Gasteiger partial charge in [0.2, 0.25) is 11.8 Å². The van der Waals surface area contributed by atoms with Crippen molar-refractivity contribution < 1.29 is 23.8 Å². The van der Waals surface area contributed by atoms with Gasteiger partial charge in [0.1, 0.15) is 22.7 Å². The quantitative estimate of drug-likeness (QED) is 0.150. The number of hydrogen-bond acceptors (Lipinski definition) is 9. The van der Waals surface area contributed by atoms with Crippen LogP contribution >= 0.6 is 23.2 Å². The van der Waals surface area contributed by atoms with Crippen LogP contribution in [-0.4, -0.2) is 63.2 Å². The fourth-order valence-corrected chi connectivity index (χ4v) is 6.55. The Morgan fingerprint density at radius 1 is 0.962 bits per heavy atom. The number of ether oxygens (including phenoxy) is 3. The molecule has 6 rings (SSSR count). The zero-order chi connectivity index (χ0) is 38.4. The molecule has 1 atom stereocenters. The maximum Gasteiger partial charge on any atom is 0.416 e. The zero-order valence-electron chi connectivity index (χ0n) is 30.5. The summed E-state index contributed by atoms with van der Waals surface area (Å²) in [4.78, 5) is 53.3. The van der Waals surface area contributed by atoms with Crippen molar-refractivity contribution in [2.75, 3.05) is 31.1 Å². The molecule has 1 unspecified atom stereocenters. The van der Waals surface area contributed by atoms with Gasteiger partial charge in [-0.15, -0.1) is 0 Å². The second-order valence-corrected chi connectivity index (χ2v) is 14.6. The fraction of sp³-hybridized carbons (Fsp3) is 0.316. The Morgan fingerprint density at radius 3 is 2.25 bits per heavy atom. The van der Waals surface area contributed by atoms with Crippen molar-refractivity contribution in [3.8, 4) is 17.3 Å². The molecule has 0 saturated heterocycles. The van der Waals surface area contributed by atoms with E-state index in [4.69, 9.17) is 42.5 Å². The number of fused-ring (bicyclic) bond motifs is 1. The van der Waals surface area contributed by atoms with E-state index >= 15 is 0 Å². The first-order valence-corrected chi connectivity index (χ1v) is 17.5. The normalized spacial score (nSPS) is 14.1. The van der Waals surface area contributed by atoms with Crippen LogP contribution in [0.5, 0.6) is 11.6 Å². The zero-order valence-corrected chi connectivity index (χ0v) is 32.1. The molecule has 1 aliphatic heterocycles. The van der Waals surface area contributed by atoms with Crippen LogP contribution in [-0.2, 0) is 11.3 Å². The molecule has 0 radical (unpaired) electrons. The number of hydrogen-bond donors (Lipinski definition) is 0. The molecule has 1 aliphatic rings. The second-order valence-electron chi connectivity index (χ2n) is 13.8. The Bertz CT molecular complexity index is 2250. The van der Waals surface area contributed by atoms with Crippen molar-refractivity contribution >= 4 is 46.8 Å². The lowest BCUT2D eigenvalue weighted by molar-refractivity contribution is 0.0587. The lowest BCUT2D eigenvalue weighted by Crippen LogP contribution is -2.36. The van der Waals surface area contributed by atoms with Gasteiger partial charge < -0.3 is 18.8 Å². The SMILES string of the molecule is COc1ccc(Cn2cc(Cl)cc(N3C(=O)c4nn(-c5cnc(N(C)C(=O)OC(C)(C)C)nc5OC)c(C(C)C)c4C3c3ccc(Cl)cc3)c2=O)cc1. The van der Waals surface area contributed by atoms with E-state index in [1.807, 2.05) is 50.2 Å².